The van der Waals surface area contributed by atoms with Crippen LogP contribution in [-0.4, -0.2) is 44.6 Å². The van der Waals surface area contributed by atoms with Gasteiger partial charge in [0.15, 0.2) is 19.7 Å². The molecule has 6 nitrogen and oxygen atoms in total. The van der Waals surface area contributed by atoms with Crippen LogP contribution in [-0.2, 0) is 35.8 Å². The first kappa shape index (κ1) is 26.4. The lowest BCUT2D eigenvalue weighted by Crippen LogP contribution is -2.54. The summed E-state index contributed by atoms with van der Waals surface area (Å²) in [6.07, 6.45) is 6.84. The summed E-state index contributed by atoms with van der Waals surface area (Å²) in [5, 5.41) is -2.13. The van der Waals surface area contributed by atoms with E-state index in [2.05, 4.69) is 24.3 Å². The first-order valence-corrected chi connectivity index (χ1v) is 18.2. The van der Waals surface area contributed by atoms with Crippen molar-refractivity contribution in [2.24, 2.45) is 23.7 Å². The zero-order chi connectivity index (χ0) is 29.2. The first-order chi connectivity index (χ1) is 20.8. The molecule has 8 heteroatoms. The molecule has 8 atom stereocenters. The zero-order valence-electron chi connectivity index (χ0n) is 23.5. The average Bonchev–Trinajstić information content (AvgIpc) is 3.27. The van der Waals surface area contributed by atoms with Crippen LogP contribution in [0.5, 0.6) is 0 Å². The second kappa shape index (κ2) is 8.78. The Morgan fingerprint density at radius 1 is 0.674 bits per heavy atom. The molecule has 0 amide bonds. The highest BCUT2D eigenvalue weighted by Gasteiger charge is 2.96. The van der Waals surface area contributed by atoms with E-state index in [1.807, 2.05) is 18.2 Å². The minimum Gasteiger partial charge on any atom is -0.373 e. The molecule has 0 unspecified atom stereocenters. The third-order valence-electron chi connectivity index (χ3n) is 11.3. The van der Waals surface area contributed by atoms with Gasteiger partial charge in [-0.25, -0.2) is 16.8 Å². The molecule has 5 aliphatic carbocycles. The Morgan fingerprint density at radius 3 is 1.63 bits per heavy atom. The highest BCUT2D eigenvalue weighted by Crippen LogP contribution is 2.85. The molecule has 0 N–H and O–H groups in total. The largest absolute Gasteiger partial charge is 0.373 e. The molecule has 5 fully saturated rings. The zero-order valence-corrected chi connectivity index (χ0v) is 25.1. The summed E-state index contributed by atoms with van der Waals surface area (Å²) in [5.41, 5.74) is 2.57. The average molecular weight is 613 g/mol. The molecule has 3 aromatic rings. The molecular weight excluding hydrogens is 581 g/mol. The van der Waals surface area contributed by atoms with E-state index in [1.165, 1.54) is 11.1 Å². The van der Waals surface area contributed by atoms with Gasteiger partial charge < -0.3 is 9.47 Å². The quantitative estimate of drug-likeness (QED) is 0.265. The van der Waals surface area contributed by atoms with Gasteiger partial charge in [-0.15, -0.1) is 0 Å². The third kappa shape index (κ3) is 3.25. The van der Waals surface area contributed by atoms with Crippen molar-refractivity contribution >= 4 is 19.7 Å². The van der Waals surface area contributed by atoms with Crippen molar-refractivity contribution in [1.29, 1.82) is 0 Å². The number of rotatable bonds is 7. The van der Waals surface area contributed by atoms with Gasteiger partial charge >= 0.3 is 0 Å². The summed E-state index contributed by atoms with van der Waals surface area (Å²) in [6, 6.07) is 26.9. The van der Waals surface area contributed by atoms with Crippen LogP contribution in [0.3, 0.4) is 0 Å². The number of benzene rings is 3. The minimum absolute atomic E-state index is 0.00794. The van der Waals surface area contributed by atoms with Gasteiger partial charge in [-0.05, 0) is 49.1 Å². The second-order valence-corrected chi connectivity index (χ2v) is 17.2. The van der Waals surface area contributed by atoms with Crippen molar-refractivity contribution in [3.8, 4) is 0 Å². The van der Waals surface area contributed by atoms with E-state index in [1.54, 1.807) is 60.7 Å². The van der Waals surface area contributed by atoms with Crippen molar-refractivity contribution in [3.63, 3.8) is 0 Å². The fourth-order valence-corrected chi connectivity index (χ4v) is 14.8. The van der Waals surface area contributed by atoms with E-state index in [4.69, 9.17) is 9.47 Å². The number of ether oxygens (including phenoxy) is 2. The maximum absolute atomic E-state index is 14.4. The molecule has 1 saturated heterocycles. The Hall–Kier alpha value is -3.04. The Kier molecular flexibility index (Phi) is 5.38. The molecule has 220 valence electrons. The number of hydrogen-bond donors (Lipinski definition) is 0. The normalized spacial score (nSPS) is 38.2. The molecule has 43 heavy (non-hydrogen) atoms. The van der Waals surface area contributed by atoms with Crippen molar-refractivity contribution in [1.82, 2.24) is 0 Å². The number of hydrogen-bond acceptors (Lipinski definition) is 6. The first-order valence-electron chi connectivity index (χ1n) is 15.1. The number of epoxide rings is 1. The van der Waals surface area contributed by atoms with Crippen LogP contribution >= 0.6 is 0 Å². The molecule has 9 rings (SSSR count). The van der Waals surface area contributed by atoms with Gasteiger partial charge in [-0.2, -0.15) is 0 Å². The number of fused-ring (bicyclic) bond motifs is 4. The molecule has 0 aromatic heterocycles. The van der Waals surface area contributed by atoms with E-state index in [9.17, 15) is 16.8 Å². The van der Waals surface area contributed by atoms with Gasteiger partial charge in [0.1, 0.15) is 11.2 Å². The molecule has 4 bridgehead atoms. The minimum atomic E-state index is -3.97. The van der Waals surface area contributed by atoms with Gasteiger partial charge in [0.05, 0.1) is 33.0 Å². The van der Waals surface area contributed by atoms with Gasteiger partial charge in [-0.1, -0.05) is 90.0 Å². The highest BCUT2D eigenvalue weighted by molar-refractivity contribution is 7.96. The maximum Gasteiger partial charge on any atom is 0.182 e. The van der Waals surface area contributed by atoms with Gasteiger partial charge in [0, 0.05) is 23.7 Å². The summed E-state index contributed by atoms with van der Waals surface area (Å²) >= 11 is 0. The van der Waals surface area contributed by atoms with Crippen LogP contribution in [0.4, 0.5) is 0 Å². The molecule has 3 aromatic carbocycles. The van der Waals surface area contributed by atoms with Crippen LogP contribution in [0.2, 0.25) is 0 Å². The van der Waals surface area contributed by atoms with Crippen LogP contribution in [0.25, 0.3) is 0 Å². The summed E-state index contributed by atoms with van der Waals surface area (Å²) in [7, 11) is -7.94. The van der Waals surface area contributed by atoms with Crippen LogP contribution < -0.4 is 0 Å². The lowest BCUT2D eigenvalue weighted by Gasteiger charge is -2.36. The molecular formula is C35H32O6S2. The van der Waals surface area contributed by atoms with Gasteiger partial charge in [0.2, 0.25) is 0 Å². The van der Waals surface area contributed by atoms with Crippen molar-refractivity contribution in [2.45, 2.75) is 63.5 Å². The standard InChI is InChI=1S/C35H32O6S2/c36-42(37,25-12-6-2-7-13-25)32-29-20-30(33(32)43(38,39)26-14-8-3-9-15-26)35-28-17-16-27(34(29,35)41-35)31(28)23-18-24(19-23)40-21-22-10-4-1-5-11-22/h1-17,24,27-30,32-33H,18-21H2/t24?,27-,28-,29-,30+,32-,33+,34-,35+/m0/s1. The van der Waals surface area contributed by atoms with Crippen LogP contribution in [0.1, 0.15) is 24.8 Å². The van der Waals surface area contributed by atoms with Crippen LogP contribution in [0.15, 0.2) is 124 Å². The van der Waals surface area contributed by atoms with Crippen LogP contribution in [0, 0.1) is 23.7 Å². The molecule has 0 spiro atoms. The van der Waals surface area contributed by atoms with Crippen molar-refractivity contribution < 1.29 is 26.3 Å². The Morgan fingerprint density at radius 2 is 1.14 bits per heavy atom. The van der Waals surface area contributed by atoms with E-state index in [0.29, 0.717) is 13.0 Å². The Balaban J connectivity index is 1.09. The summed E-state index contributed by atoms with van der Waals surface area (Å²) in [6.45, 7) is 0.582. The Bertz CT molecular complexity index is 1790. The van der Waals surface area contributed by atoms with E-state index >= 15 is 0 Å². The fraction of sp³-hybridized carbons (Fsp3) is 0.371. The summed E-state index contributed by atoms with van der Waals surface area (Å²) in [4.78, 5) is 0.358. The number of sulfone groups is 2. The lowest BCUT2D eigenvalue weighted by molar-refractivity contribution is 0.0143. The maximum atomic E-state index is 14.4. The van der Waals surface area contributed by atoms with Gasteiger partial charge in [-0.3, -0.25) is 0 Å². The van der Waals surface area contributed by atoms with Gasteiger partial charge in [0.25, 0.3) is 0 Å². The molecule has 0 radical (unpaired) electrons. The van der Waals surface area contributed by atoms with E-state index < -0.39 is 53.2 Å². The molecule has 6 aliphatic rings. The SMILES string of the molecule is O=S(=O)(c1ccccc1)[C@@H]1[C@H](S(=O)(=O)c2ccccc2)[C@H]2C[C@@H]1[C@]13O[C@]21[C@H]1C=C[C@H]3C1=C1CC(OCc2ccccc2)C1. The molecule has 1 aliphatic heterocycles. The lowest BCUT2D eigenvalue weighted by atomic mass is 9.73. The third-order valence-corrected chi connectivity index (χ3v) is 16.0. The molecule has 4 saturated carbocycles. The smallest absolute Gasteiger partial charge is 0.182 e. The van der Waals surface area contributed by atoms with Crippen molar-refractivity contribution in [3.05, 3.63) is 120 Å². The predicted octanol–water partition coefficient (Wildman–Crippen LogP) is 5.32. The predicted molar refractivity (Wildman–Crippen MR) is 160 cm³/mol. The monoisotopic (exact) mass is 612 g/mol. The van der Waals surface area contributed by atoms with E-state index in [-0.39, 0.29) is 27.7 Å². The van der Waals surface area contributed by atoms with E-state index in [0.717, 1.165) is 18.4 Å². The highest BCUT2D eigenvalue weighted by atomic mass is 32.2. The topological polar surface area (TPSA) is 90.0 Å². The summed E-state index contributed by atoms with van der Waals surface area (Å²) < 4.78 is 70.6. The Labute approximate surface area is 252 Å². The fourth-order valence-electron chi connectivity index (χ4n) is 9.66. The summed E-state index contributed by atoms with van der Waals surface area (Å²) in [5.74, 6) is -0.809. The molecule has 1 heterocycles. The van der Waals surface area contributed by atoms with Crippen molar-refractivity contribution in [2.75, 3.05) is 0 Å². The second-order valence-electron chi connectivity index (χ2n) is 13.0.